The van der Waals surface area contributed by atoms with Crippen LogP contribution in [0.5, 0.6) is 0 Å². The van der Waals surface area contributed by atoms with Crippen molar-refractivity contribution in [2.45, 2.75) is 24.9 Å². The van der Waals surface area contributed by atoms with E-state index in [1.54, 1.807) is 6.92 Å². The molecule has 2 unspecified atom stereocenters. The Kier molecular flexibility index (Phi) is 3.92. The van der Waals surface area contributed by atoms with Crippen molar-refractivity contribution in [3.63, 3.8) is 0 Å². The van der Waals surface area contributed by atoms with Crippen molar-refractivity contribution in [3.05, 3.63) is 0 Å². The van der Waals surface area contributed by atoms with Gasteiger partial charge in [-0.05, 0) is 13.3 Å². The predicted octanol–water partition coefficient (Wildman–Crippen LogP) is -1.35. The van der Waals surface area contributed by atoms with Gasteiger partial charge in [0.05, 0.1) is 12.4 Å². The van der Waals surface area contributed by atoms with Gasteiger partial charge in [-0.15, -0.1) is 0 Å². The quantitative estimate of drug-likeness (QED) is 0.643. The average molecular weight is 250 g/mol. The summed E-state index contributed by atoms with van der Waals surface area (Å²) in [5.74, 6) is -0.434. The number of carbonyl (C=O) groups excluding carboxylic acids is 1. The lowest BCUT2D eigenvalue weighted by Gasteiger charge is -2.23. The van der Waals surface area contributed by atoms with Crippen molar-refractivity contribution in [3.8, 4) is 0 Å². The normalized spacial score (nSPS) is 27.7. The molecule has 0 aromatic carbocycles. The lowest BCUT2D eigenvalue weighted by Crippen LogP contribution is -2.57. The van der Waals surface area contributed by atoms with E-state index in [-0.39, 0.29) is 18.3 Å². The second-order valence-corrected chi connectivity index (χ2v) is 6.61. The molecule has 1 heterocycles. The molecule has 0 saturated carbocycles. The Morgan fingerprint density at radius 2 is 2.25 bits per heavy atom. The van der Waals surface area contributed by atoms with Crippen LogP contribution in [0.2, 0.25) is 0 Å². The Bertz CT molecular complexity index is 360. The van der Waals surface area contributed by atoms with Gasteiger partial charge in [0.25, 0.3) is 0 Å². The molecule has 1 amide bonds. The summed E-state index contributed by atoms with van der Waals surface area (Å²) >= 11 is 0. The number of hydrogen-bond donors (Lipinski definition) is 2. The Morgan fingerprint density at radius 3 is 2.69 bits per heavy atom. The van der Waals surface area contributed by atoms with Crippen LogP contribution < -0.4 is 11.1 Å². The van der Waals surface area contributed by atoms with Crippen molar-refractivity contribution >= 4 is 15.7 Å². The summed E-state index contributed by atoms with van der Waals surface area (Å²) in [6.07, 6.45) is 1.59. The third kappa shape index (κ3) is 3.73. The molecule has 0 bridgehead atoms. The van der Waals surface area contributed by atoms with E-state index in [1.165, 1.54) is 0 Å². The highest BCUT2D eigenvalue weighted by Gasteiger charge is 2.38. The second-order valence-electron chi connectivity index (χ2n) is 4.43. The number of rotatable bonds is 4. The standard InChI is InChI=1S/C9H18N2O4S/c1-7(5-16(2,13)14)11-8(12)9(10)3-4-15-6-9/h7H,3-6,10H2,1-2H3,(H,11,12). The van der Waals surface area contributed by atoms with E-state index in [0.717, 1.165) is 6.26 Å². The second kappa shape index (κ2) is 4.68. The molecular weight excluding hydrogens is 232 g/mol. The van der Waals surface area contributed by atoms with Gasteiger partial charge >= 0.3 is 0 Å². The Morgan fingerprint density at radius 1 is 1.62 bits per heavy atom. The molecule has 1 fully saturated rings. The van der Waals surface area contributed by atoms with E-state index in [4.69, 9.17) is 10.5 Å². The summed E-state index contributed by atoms with van der Waals surface area (Å²) in [5, 5.41) is 2.60. The van der Waals surface area contributed by atoms with Crippen LogP contribution in [-0.2, 0) is 19.4 Å². The zero-order chi connectivity index (χ0) is 12.4. The van der Waals surface area contributed by atoms with Crippen LogP contribution in [0.1, 0.15) is 13.3 Å². The highest BCUT2D eigenvalue weighted by molar-refractivity contribution is 7.90. The number of sulfone groups is 1. The molecule has 94 valence electrons. The summed E-state index contributed by atoms with van der Waals surface area (Å²) in [5.41, 5.74) is 4.82. The molecule has 2 atom stereocenters. The fraction of sp³-hybridized carbons (Fsp3) is 0.889. The minimum atomic E-state index is -3.10. The molecule has 0 spiro atoms. The van der Waals surface area contributed by atoms with Crippen LogP contribution in [0.15, 0.2) is 0 Å². The first-order chi connectivity index (χ1) is 7.23. The number of nitrogens with one attached hydrogen (secondary N) is 1. The Labute approximate surface area is 95.4 Å². The molecule has 3 N–H and O–H groups in total. The minimum absolute atomic E-state index is 0.0876. The van der Waals surface area contributed by atoms with Crippen molar-refractivity contribution in [1.29, 1.82) is 0 Å². The van der Waals surface area contributed by atoms with Gasteiger partial charge in [-0.3, -0.25) is 4.79 Å². The smallest absolute Gasteiger partial charge is 0.242 e. The molecule has 0 aliphatic carbocycles. The number of hydrogen-bond acceptors (Lipinski definition) is 5. The molecule has 1 rings (SSSR count). The molecule has 16 heavy (non-hydrogen) atoms. The van der Waals surface area contributed by atoms with E-state index in [2.05, 4.69) is 5.32 Å². The van der Waals surface area contributed by atoms with Crippen LogP contribution in [-0.4, -0.2) is 51.1 Å². The zero-order valence-corrected chi connectivity index (χ0v) is 10.3. The van der Waals surface area contributed by atoms with Gasteiger partial charge in [0.2, 0.25) is 5.91 Å². The molecule has 6 nitrogen and oxygen atoms in total. The van der Waals surface area contributed by atoms with Gasteiger partial charge < -0.3 is 15.8 Å². The van der Waals surface area contributed by atoms with Gasteiger partial charge in [-0.25, -0.2) is 8.42 Å². The maximum absolute atomic E-state index is 11.8. The monoisotopic (exact) mass is 250 g/mol. The van der Waals surface area contributed by atoms with Gasteiger partial charge in [-0.1, -0.05) is 0 Å². The Hall–Kier alpha value is -0.660. The molecule has 1 aliphatic rings. The zero-order valence-electron chi connectivity index (χ0n) is 9.52. The molecule has 0 radical (unpaired) electrons. The molecule has 0 aromatic rings. The maximum Gasteiger partial charge on any atom is 0.242 e. The van der Waals surface area contributed by atoms with Crippen molar-refractivity contribution < 1.29 is 17.9 Å². The Balaban J connectivity index is 2.51. The number of amides is 1. The van der Waals surface area contributed by atoms with Gasteiger partial charge in [-0.2, -0.15) is 0 Å². The SMILES string of the molecule is CC(CS(C)(=O)=O)NC(=O)C1(N)CCOC1. The lowest BCUT2D eigenvalue weighted by molar-refractivity contribution is -0.126. The van der Waals surface area contributed by atoms with Crippen LogP contribution >= 0.6 is 0 Å². The van der Waals surface area contributed by atoms with Gasteiger partial charge in [0.1, 0.15) is 15.4 Å². The topological polar surface area (TPSA) is 98.5 Å². The van der Waals surface area contributed by atoms with E-state index in [0.29, 0.717) is 13.0 Å². The number of ether oxygens (including phenoxy) is 1. The lowest BCUT2D eigenvalue weighted by atomic mass is 9.99. The van der Waals surface area contributed by atoms with E-state index in [1.807, 2.05) is 0 Å². The van der Waals surface area contributed by atoms with E-state index in [9.17, 15) is 13.2 Å². The molecule has 7 heteroatoms. The van der Waals surface area contributed by atoms with Gasteiger partial charge in [0.15, 0.2) is 0 Å². The largest absolute Gasteiger partial charge is 0.379 e. The van der Waals surface area contributed by atoms with Crippen LogP contribution in [0.4, 0.5) is 0 Å². The summed E-state index contributed by atoms with van der Waals surface area (Å²) in [6.45, 7) is 2.28. The van der Waals surface area contributed by atoms with Crippen LogP contribution in [0, 0.1) is 0 Å². The first-order valence-electron chi connectivity index (χ1n) is 5.08. The highest BCUT2D eigenvalue weighted by atomic mass is 32.2. The summed E-state index contributed by atoms with van der Waals surface area (Å²) in [6, 6.07) is -0.441. The van der Waals surface area contributed by atoms with Crippen LogP contribution in [0.25, 0.3) is 0 Å². The minimum Gasteiger partial charge on any atom is -0.379 e. The first-order valence-corrected chi connectivity index (χ1v) is 7.14. The van der Waals surface area contributed by atoms with E-state index < -0.39 is 21.4 Å². The fourth-order valence-corrected chi connectivity index (χ4v) is 2.61. The third-order valence-electron chi connectivity index (χ3n) is 2.43. The number of carbonyl (C=O) groups is 1. The average Bonchev–Trinajstić information content (AvgIpc) is 2.49. The predicted molar refractivity (Wildman–Crippen MR) is 59.7 cm³/mol. The van der Waals surface area contributed by atoms with E-state index >= 15 is 0 Å². The summed E-state index contributed by atoms with van der Waals surface area (Å²) in [4.78, 5) is 11.8. The van der Waals surface area contributed by atoms with Gasteiger partial charge in [0, 0.05) is 18.9 Å². The third-order valence-corrected chi connectivity index (χ3v) is 3.54. The summed E-state index contributed by atoms with van der Waals surface area (Å²) < 4.78 is 27.1. The molecule has 1 aliphatic heterocycles. The first kappa shape index (κ1) is 13.4. The molecular formula is C9H18N2O4S. The fourth-order valence-electron chi connectivity index (χ4n) is 1.62. The van der Waals surface area contributed by atoms with Crippen molar-refractivity contribution in [2.24, 2.45) is 5.73 Å². The number of nitrogens with two attached hydrogens (primary N) is 1. The summed E-state index contributed by atoms with van der Waals surface area (Å²) in [7, 11) is -3.10. The van der Waals surface area contributed by atoms with Crippen molar-refractivity contribution in [2.75, 3.05) is 25.2 Å². The van der Waals surface area contributed by atoms with Crippen molar-refractivity contribution in [1.82, 2.24) is 5.32 Å². The van der Waals surface area contributed by atoms with Crippen LogP contribution in [0.3, 0.4) is 0 Å². The highest BCUT2D eigenvalue weighted by Crippen LogP contribution is 2.15. The molecule has 1 saturated heterocycles. The molecule has 0 aromatic heterocycles. The maximum atomic E-state index is 11.8.